The van der Waals surface area contributed by atoms with Crippen LogP contribution < -0.4 is 5.32 Å². The van der Waals surface area contributed by atoms with E-state index in [1.807, 2.05) is 6.26 Å². The maximum atomic E-state index is 5.75. The Morgan fingerprint density at radius 1 is 1.41 bits per heavy atom. The van der Waals surface area contributed by atoms with Crippen LogP contribution in [0.25, 0.3) is 11.0 Å². The summed E-state index contributed by atoms with van der Waals surface area (Å²) < 4.78 is 6.42. The van der Waals surface area contributed by atoms with Gasteiger partial charge in [-0.15, -0.1) is 0 Å². The molecule has 1 aliphatic heterocycles. The van der Waals surface area contributed by atoms with E-state index in [2.05, 4.69) is 47.0 Å². The fraction of sp³-hybridized carbons (Fsp3) is 0.429. The first-order chi connectivity index (χ1) is 8.25. The van der Waals surface area contributed by atoms with Gasteiger partial charge < -0.3 is 9.73 Å². The number of halogens is 1. The zero-order valence-electron chi connectivity index (χ0n) is 9.92. The molecule has 2 nitrogen and oxygen atoms in total. The van der Waals surface area contributed by atoms with Crippen molar-refractivity contribution in [3.8, 4) is 0 Å². The molecule has 1 aromatic heterocycles. The van der Waals surface area contributed by atoms with Crippen molar-refractivity contribution in [2.45, 2.75) is 23.7 Å². The largest absolute Gasteiger partial charge is 0.464 e. The van der Waals surface area contributed by atoms with Crippen LogP contribution in [0.3, 0.4) is 0 Å². The molecule has 0 amide bonds. The smallest absolute Gasteiger partial charge is 0.137 e. The zero-order valence-corrected chi connectivity index (χ0v) is 12.1. The van der Waals surface area contributed by atoms with E-state index in [1.54, 1.807) is 0 Å². The van der Waals surface area contributed by atoms with Gasteiger partial charge in [0.05, 0.1) is 6.26 Å². The Kier molecular flexibility index (Phi) is 3.13. The molecular formula is C14H16INO. The second-order valence-corrected chi connectivity index (χ2v) is 6.52. The molecule has 0 aliphatic carbocycles. The number of hydrogen-bond donors (Lipinski definition) is 1. The number of rotatable bonds is 0. The summed E-state index contributed by atoms with van der Waals surface area (Å²) >= 11 is 2.53. The number of aryl methyl sites for hydroxylation is 1. The minimum atomic E-state index is 0.667. The van der Waals surface area contributed by atoms with E-state index in [0.717, 1.165) is 31.5 Å². The van der Waals surface area contributed by atoms with Crippen LogP contribution in [0.5, 0.6) is 0 Å². The minimum absolute atomic E-state index is 0.667. The van der Waals surface area contributed by atoms with Crippen LogP contribution in [0.2, 0.25) is 0 Å². The highest BCUT2D eigenvalue weighted by Gasteiger charge is 2.17. The van der Waals surface area contributed by atoms with E-state index in [0.29, 0.717) is 3.92 Å². The van der Waals surface area contributed by atoms with Crippen molar-refractivity contribution in [2.75, 3.05) is 13.1 Å². The number of alkyl halides is 1. The maximum Gasteiger partial charge on any atom is 0.137 e. The van der Waals surface area contributed by atoms with E-state index < -0.39 is 0 Å². The number of hydrogen-bond acceptors (Lipinski definition) is 2. The van der Waals surface area contributed by atoms with Crippen molar-refractivity contribution in [3.05, 3.63) is 35.1 Å². The maximum absolute atomic E-state index is 5.75. The molecule has 2 aromatic rings. The average Bonchev–Trinajstić information content (AvgIpc) is 2.65. The predicted molar refractivity (Wildman–Crippen MR) is 79.0 cm³/mol. The van der Waals surface area contributed by atoms with Crippen molar-refractivity contribution in [1.82, 2.24) is 5.32 Å². The third kappa shape index (κ3) is 2.10. The van der Waals surface area contributed by atoms with Crippen LogP contribution >= 0.6 is 22.6 Å². The molecule has 0 saturated heterocycles. The highest BCUT2D eigenvalue weighted by molar-refractivity contribution is 14.1. The van der Waals surface area contributed by atoms with Crippen LogP contribution in [-0.4, -0.2) is 17.0 Å². The fourth-order valence-electron chi connectivity index (χ4n) is 2.57. The SMILES string of the molecule is Cc1coc2c3c(ccc12)CC(I)CNCC3. The highest BCUT2D eigenvalue weighted by atomic mass is 127. The van der Waals surface area contributed by atoms with Gasteiger partial charge in [-0.2, -0.15) is 0 Å². The van der Waals surface area contributed by atoms with E-state index >= 15 is 0 Å². The van der Waals surface area contributed by atoms with Gasteiger partial charge in [0.1, 0.15) is 5.58 Å². The van der Waals surface area contributed by atoms with Gasteiger partial charge in [0.15, 0.2) is 0 Å². The number of nitrogens with one attached hydrogen (secondary N) is 1. The minimum Gasteiger partial charge on any atom is -0.464 e. The highest BCUT2D eigenvalue weighted by Crippen LogP contribution is 2.29. The third-order valence-corrected chi connectivity index (χ3v) is 4.38. The van der Waals surface area contributed by atoms with Crippen molar-refractivity contribution in [3.63, 3.8) is 0 Å². The summed E-state index contributed by atoms with van der Waals surface area (Å²) in [6.07, 6.45) is 4.08. The second-order valence-electron chi connectivity index (χ2n) is 4.75. The van der Waals surface area contributed by atoms with Gasteiger partial charge in [0.2, 0.25) is 0 Å². The first-order valence-corrected chi connectivity index (χ1v) is 7.33. The summed E-state index contributed by atoms with van der Waals surface area (Å²) in [6.45, 7) is 4.26. The van der Waals surface area contributed by atoms with E-state index in [-0.39, 0.29) is 0 Å². The van der Waals surface area contributed by atoms with Crippen LogP contribution in [0.15, 0.2) is 22.8 Å². The molecule has 1 atom stereocenters. The molecule has 17 heavy (non-hydrogen) atoms. The molecule has 0 fully saturated rings. The van der Waals surface area contributed by atoms with Crippen LogP contribution in [0.4, 0.5) is 0 Å². The predicted octanol–water partition coefficient (Wildman–Crippen LogP) is 3.23. The summed E-state index contributed by atoms with van der Waals surface area (Å²) in [5.74, 6) is 0. The van der Waals surface area contributed by atoms with Gasteiger partial charge in [-0.1, -0.05) is 34.7 Å². The van der Waals surface area contributed by atoms with Gasteiger partial charge in [0.25, 0.3) is 0 Å². The fourth-order valence-corrected chi connectivity index (χ4v) is 3.36. The molecule has 0 spiro atoms. The van der Waals surface area contributed by atoms with E-state index in [4.69, 9.17) is 4.42 Å². The summed E-state index contributed by atoms with van der Waals surface area (Å²) in [4.78, 5) is 0. The molecule has 1 unspecified atom stereocenters. The first kappa shape index (κ1) is 11.5. The van der Waals surface area contributed by atoms with Crippen molar-refractivity contribution >= 4 is 33.6 Å². The average molecular weight is 341 g/mol. The van der Waals surface area contributed by atoms with Gasteiger partial charge >= 0.3 is 0 Å². The Morgan fingerprint density at radius 2 is 2.29 bits per heavy atom. The number of benzene rings is 1. The lowest BCUT2D eigenvalue weighted by Gasteiger charge is -2.18. The topological polar surface area (TPSA) is 25.2 Å². The summed E-state index contributed by atoms with van der Waals surface area (Å²) in [6, 6.07) is 4.50. The molecule has 2 heterocycles. The molecule has 0 radical (unpaired) electrons. The zero-order chi connectivity index (χ0) is 11.8. The monoisotopic (exact) mass is 341 g/mol. The van der Waals surface area contributed by atoms with E-state index in [9.17, 15) is 0 Å². The quantitative estimate of drug-likeness (QED) is 0.588. The molecule has 3 rings (SSSR count). The lowest BCUT2D eigenvalue weighted by molar-refractivity contribution is 0.596. The van der Waals surface area contributed by atoms with Crippen LogP contribution in [0.1, 0.15) is 16.7 Å². The number of fused-ring (bicyclic) bond motifs is 3. The Bertz CT molecular complexity index is 546. The lowest BCUT2D eigenvalue weighted by atomic mass is 9.96. The third-order valence-electron chi connectivity index (χ3n) is 3.49. The van der Waals surface area contributed by atoms with Gasteiger partial charge in [-0.3, -0.25) is 0 Å². The Balaban J connectivity index is 2.16. The lowest BCUT2D eigenvalue weighted by Crippen LogP contribution is -2.29. The number of furan rings is 1. The first-order valence-electron chi connectivity index (χ1n) is 6.09. The Hall–Kier alpha value is -0.550. The Labute approximate surface area is 115 Å². The van der Waals surface area contributed by atoms with Gasteiger partial charge in [-0.05, 0) is 43.0 Å². The normalized spacial score (nSPS) is 20.9. The molecule has 90 valence electrons. The van der Waals surface area contributed by atoms with Crippen molar-refractivity contribution in [1.29, 1.82) is 0 Å². The molecule has 0 saturated carbocycles. The molecule has 1 N–H and O–H groups in total. The Morgan fingerprint density at radius 3 is 3.18 bits per heavy atom. The van der Waals surface area contributed by atoms with Crippen LogP contribution in [0, 0.1) is 6.92 Å². The van der Waals surface area contributed by atoms with Gasteiger partial charge in [-0.25, -0.2) is 0 Å². The van der Waals surface area contributed by atoms with Crippen LogP contribution in [-0.2, 0) is 12.8 Å². The summed E-state index contributed by atoms with van der Waals surface area (Å²) in [5, 5.41) is 4.77. The van der Waals surface area contributed by atoms with E-state index in [1.165, 1.54) is 22.1 Å². The molecule has 1 aromatic carbocycles. The van der Waals surface area contributed by atoms with Gasteiger partial charge in [0, 0.05) is 15.9 Å². The second kappa shape index (κ2) is 4.61. The molecule has 3 heteroatoms. The molecule has 0 bridgehead atoms. The standard InChI is InChI=1S/C14H16INO/c1-9-8-17-14-12(9)3-2-10-6-11(15)7-16-5-4-13(10)14/h2-3,8,11,16H,4-7H2,1H3. The van der Waals surface area contributed by atoms with Crippen molar-refractivity contribution < 1.29 is 4.42 Å². The summed E-state index contributed by atoms with van der Waals surface area (Å²) in [5.41, 5.74) is 5.22. The summed E-state index contributed by atoms with van der Waals surface area (Å²) in [7, 11) is 0. The molecular weight excluding hydrogens is 325 g/mol. The molecule has 1 aliphatic rings. The van der Waals surface area contributed by atoms with Crippen molar-refractivity contribution in [2.24, 2.45) is 0 Å².